The summed E-state index contributed by atoms with van der Waals surface area (Å²) in [5.74, 6) is 1.63. The summed E-state index contributed by atoms with van der Waals surface area (Å²) in [6.07, 6.45) is 5.14. The number of imidazole rings is 1. The van der Waals surface area contributed by atoms with Gasteiger partial charge in [0.15, 0.2) is 0 Å². The van der Waals surface area contributed by atoms with E-state index in [-0.39, 0.29) is 10.9 Å². The molecule has 1 saturated heterocycles. The minimum atomic E-state index is -3.61. The lowest BCUT2D eigenvalue weighted by molar-refractivity contribution is 0.223. The highest BCUT2D eigenvalue weighted by Crippen LogP contribution is 2.36. The summed E-state index contributed by atoms with van der Waals surface area (Å²) in [6, 6.07) is 8.76. The number of piperidine rings is 1. The molecule has 0 radical (unpaired) electrons. The molecule has 0 bridgehead atoms. The number of hydrogen-bond donors (Lipinski definition) is 0. The maximum atomic E-state index is 13.3. The van der Waals surface area contributed by atoms with E-state index in [2.05, 4.69) is 4.98 Å². The normalized spacial score (nSPS) is 19.2. The van der Waals surface area contributed by atoms with Crippen LogP contribution in [0, 0.1) is 0 Å². The highest BCUT2D eigenvalue weighted by atomic mass is 32.2. The van der Waals surface area contributed by atoms with E-state index in [1.54, 1.807) is 22.8 Å². The second kappa shape index (κ2) is 6.55. The molecule has 1 unspecified atom stereocenters. The molecule has 0 N–H and O–H groups in total. The lowest BCUT2D eigenvalue weighted by atomic mass is 10.0. The fourth-order valence-corrected chi connectivity index (χ4v) is 5.34. The van der Waals surface area contributed by atoms with Crippen LogP contribution in [0.2, 0.25) is 0 Å². The third-order valence-electron chi connectivity index (χ3n) is 5.12. The summed E-state index contributed by atoms with van der Waals surface area (Å²) in [5, 5.41) is 0. The Labute approximate surface area is 153 Å². The first kappa shape index (κ1) is 17.3. The van der Waals surface area contributed by atoms with E-state index in [0.29, 0.717) is 12.1 Å². The molecule has 3 heterocycles. The van der Waals surface area contributed by atoms with Gasteiger partial charge in [0, 0.05) is 20.0 Å². The second-order valence-corrected chi connectivity index (χ2v) is 8.68. The molecule has 2 aromatic heterocycles. The predicted molar refractivity (Wildman–Crippen MR) is 99.3 cm³/mol. The zero-order chi connectivity index (χ0) is 18.3. The van der Waals surface area contributed by atoms with E-state index >= 15 is 0 Å². The average Bonchev–Trinajstić information content (AvgIpc) is 3.28. The van der Waals surface area contributed by atoms with Crippen molar-refractivity contribution < 1.29 is 12.8 Å². The highest BCUT2D eigenvalue weighted by molar-refractivity contribution is 7.89. The van der Waals surface area contributed by atoms with E-state index in [9.17, 15) is 8.42 Å². The first-order valence-electron chi connectivity index (χ1n) is 9.02. The molecule has 0 saturated carbocycles. The van der Waals surface area contributed by atoms with E-state index in [4.69, 9.17) is 4.42 Å². The summed E-state index contributed by atoms with van der Waals surface area (Å²) in [7, 11) is -1.72. The first-order chi connectivity index (χ1) is 12.5. The van der Waals surface area contributed by atoms with E-state index in [1.165, 1.54) is 0 Å². The van der Waals surface area contributed by atoms with Gasteiger partial charge in [0.1, 0.15) is 11.5 Å². The van der Waals surface area contributed by atoms with Crippen LogP contribution in [-0.4, -0.2) is 28.8 Å². The Morgan fingerprint density at radius 3 is 2.85 bits per heavy atom. The van der Waals surface area contributed by atoms with Crippen molar-refractivity contribution in [3.63, 3.8) is 0 Å². The molecule has 0 spiro atoms. The van der Waals surface area contributed by atoms with Crippen LogP contribution in [0.15, 0.2) is 46.0 Å². The molecule has 1 atom stereocenters. The summed E-state index contributed by atoms with van der Waals surface area (Å²) >= 11 is 0. The average molecular weight is 373 g/mol. The lowest BCUT2D eigenvalue weighted by Gasteiger charge is -2.33. The van der Waals surface area contributed by atoms with Crippen LogP contribution in [0.4, 0.5) is 0 Å². The fraction of sp³-hybridized carbons (Fsp3) is 0.421. The van der Waals surface area contributed by atoms with Crippen LogP contribution < -0.4 is 0 Å². The Bertz CT molecular complexity index is 1040. The Morgan fingerprint density at radius 1 is 1.23 bits per heavy atom. The highest BCUT2D eigenvalue weighted by Gasteiger charge is 2.36. The number of nitrogens with zero attached hydrogens (tertiary/aromatic N) is 3. The van der Waals surface area contributed by atoms with Gasteiger partial charge in [-0.05, 0) is 43.2 Å². The van der Waals surface area contributed by atoms with Gasteiger partial charge in [-0.3, -0.25) is 0 Å². The summed E-state index contributed by atoms with van der Waals surface area (Å²) < 4.78 is 36.1. The number of sulfonamides is 1. The molecule has 1 aliphatic heterocycles. The number of benzene rings is 1. The molecule has 138 valence electrons. The van der Waals surface area contributed by atoms with Crippen molar-refractivity contribution in [2.24, 2.45) is 7.05 Å². The standard InChI is InChI=1S/C19H23N3O3S/c1-3-14-7-10-19(25-14)18-6-4-5-11-22(18)26(23,24)15-8-9-17-16(12-15)20-13-21(17)2/h7-10,12-13,18H,3-6,11H2,1-2H3. The van der Waals surface area contributed by atoms with Gasteiger partial charge in [-0.1, -0.05) is 13.3 Å². The van der Waals surface area contributed by atoms with Gasteiger partial charge in [0.25, 0.3) is 0 Å². The van der Waals surface area contributed by atoms with Gasteiger partial charge in [-0.15, -0.1) is 0 Å². The molecule has 6 nitrogen and oxygen atoms in total. The van der Waals surface area contributed by atoms with Crippen molar-refractivity contribution in [3.05, 3.63) is 48.2 Å². The molecule has 1 aromatic carbocycles. The summed E-state index contributed by atoms with van der Waals surface area (Å²) in [4.78, 5) is 4.58. The van der Waals surface area contributed by atoms with Crippen LogP contribution in [0.3, 0.4) is 0 Å². The van der Waals surface area contributed by atoms with Crippen molar-refractivity contribution in [1.82, 2.24) is 13.9 Å². The molecule has 0 aliphatic carbocycles. The fourth-order valence-electron chi connectivity index (χ4n) is 3.65. The number of aryl methyl sites for hydroxylation is 2. The molecule has 1 fully saturated rings. The maximum absolute atomic E-state index is 13.3. The quantitative estimate of drug-likeness (QED) is 0.700. The van der Waals surface area contributed by atoms with Crippen molar-refractivity contribution in [2.45, 2.75) is 43.5 Å². The van der Waals surface area contributed by atoms with Gasteiger partial charge in [-0.25, -0.2) is 13.4 Å². The largest absolute Gasteiger partial charge is 0.464 e. The Kier molecular flexibility index (Phi) is 4.36. The van der Waals surface area contributed by atoms with Crippen LogP contribution in [0.1, 0.15) is 43.7 Å². The van der Waals surface area contributed by atoms with Crippen molar-refractivity contribution in [1.29, 1.82) is 0 Å². The minimum absolute atomic E-state index is 0.242. The van der Waals surface area contributed by atoms with Gasteiger partial charge in [-0.2, -0.15) is 4.31 Å². The van der Waals surface area contributed by atoms with Crippen LogP contribution >= 0.6 is 0 Å². The Hall–Kier alpha value is -2.12. The second-order valence-electron chi connectivity index (χ2n) is 6.79. The topological polar surface area (TPSA) is 68.3 Å². The summed E-state index contributed by atoms with van der Waals surface area (Å²) in [6.45, 7) is 2.54. The molecule has 1 aliphatic rings. The van der Waals surface area contributed by atoms with Gasteiger partial charge >= 0.3 is 0 Å². The molecular weight excluding hydrogens is 350 g/mol. The van der Waals surface area contributed by atoms with Crippen molar-refractivity contribution in [3.8, 4) is 0 Å². The Morgan fingerprint density at radius 2 is 2.08 bits per heavy atom. The van der Waals surface area contributed by atoms with Crippen molar-refractivity contribution >= 4 is 21.1 Å². The zero-order valence-corrected chi connectivity index (χ0v) is 15.9. The van der Waals surface area contributed by atoms with Crippen LogP contribution in [0.25, 0.3) is 11.0 Å². The molecule has 3 aromatic rings. The molecule has 26 heavy (non-hydrogen) atoms. The zero-order valence-electron chi connectivity index (χ0n) is 15.1. The molecular formula is C19H23N3O3S. The van der Waals surface area contributed by atoms with Gasteiger partial charge < -0.3 is 8.98 Å². The summed E-state index contributed by atoms with van der Waals surface area (Å²) in [5.41, 5.74) is 1.60. The Balaban J connectivity index is 1.73. The SMILES string of the molecule is CCc1ccc(C2CCCCN2S(=O)(=O)c2ccc3c(c2)ncn3C)o1. The van der Waals surface area contributed by atoms with E-state index in [0.717, 1.165) is 42.7 Å². The van der Waals surface area contributed by atoms with E-state index in [1.807, 2.05) is 36.7 Å². The minimum Gasteiger partial charge on any atom is -0.464 e. The predicted octanol–water partition coefficient (Wildman–Crippen LogP) is 3.64. The van der Waals surface area contributed by atoms with E-state index < -0.39 is 10.0 Å². The monoisotopic (exact) mass is 373 g/mol. The molecule has 0 amide bonds. The maximum Gasteiger partial charge on any atom is 0.243 e. The molecule has 7 heteroatoms. The third-order valence-corrected chi connectivity index (χ3v) is 7.02. The lowest BCUT2D eigenvalue weighted by Crippen LogP contribution is -2.38. The van der Waals surface area contributed by atoms with Crippen LogP contribution in [0.5, 0.6) is 0 Å². The van der Waals surface area contributed by atoms with Gasteiger partial charge in [0.2, 0.25) is 10.0 Å². The number of fused-ring (bicyclic) bond motifs is 1. The number of rotatable bonds is 4. The molecule has 4 rings (SSSR count). The number of furan rings is 1. The smallest absolute Gasteiger partial charge is 0.243 e. The first-order valence-corrected chi connectivity index (χ1v) is 10.5. The van der Waals surface area contributed by atoms with Gasteiger partial charge in [0.05, 0.1) is 28.3 Å². The van der Waals surface area contributed by atoms with Crippen molar-refractivity contribution in [2.75, 3.05) is 6.54 Å². The number of aromatic nitrogens is 2. The third kappa shape index (κ3) is 2.85. The van der Waals surface area contributed by atoms with Crippen LogP contribution in [-0.2, 0) is 23.5 Å². The number of hydrogen-bond acceptors (Lipinski definition) is 4.